The summed E-state index contributed by atoms with van der Waals surface area (Å²) >= 11 is 1.48. The van der Waals surface area contributed by atoms with Crippen molar-refractivity contribution in [1.29, 1.82) is 0 Å². The second kappa shape index (κ2) is 6.72. The number of rotatable bonds is 5. The molecule has 4 N–H and O–H groups in total. The first-order chi connectivity index (χ1) is 12.6. The molecule has 2 heterocycles. The highest BCUT2D eigenvalue weighted by Gasteiger charge is 2.11. The first-order valence-electron chi connectivity index (χ1n) is 8.17. The smallest absolute Gasteiger partial charge is 0.206 e. The summed E-state index contributed by atoms with van der Waals surface area (Å²) in [5.74, 6) is 0.473. The Morgan fingerprint density at radius 3 is 2.81 bits per heavy atom. The summed E-state index contributed by atoms with van der Waals surface area (Å²) in [6.07, 6.45) is 0. The van der Waals surface area contributed by atoms with Gasteiger partial charge in [-0.05, 0) is 41.8 Å². The molecule has 8 heteroatoms. The van der Waals surface area contributed by atoms with Crippen molar-refractivity contribution in [1.82, 2.24) is 20.4 Å². The van der Waals surface area contributed by atoms with E-state index >= 15 is 0 Å². The van der Waals surface area contributed by atoms with Gasteiger partial charge in [0.1, 0.15) is 10.8 Å². The van der Waals surface area contributed by atoms with Gasteiger partial charge in [0.2, 0.25) is 5.13 Å². The predicted octanol–water partition coefficient (Wildman–Crippen LogP) is 4.02. The average Bonchev–Trinajstić information content (AvgIpc) is 3.27. The number of anilines is 2. The summed E-state index contributed by atoms with van der Waals surface area (Å²) in [6.45, 7) is 2.77. The molecule has 0 spiro atoms. The Morgan fingerprint density at radius 1 is 1.19 bits per heavy atom. The van der Waals surface area contributed by atoms with E-state index < -0.39 is 0 Å². The lowest BCUT2D eigenvalue weighted by molar-refractivity contribution is 0.626. The highest BCUT2D eigenvalue weighted by molar-refractivity contribution is 7.18. The van der Waals surface area contributed by atoms with Crippen LogP contribution < -0.4 is 11.1 Å². The molecular weight excluding hydrogens is 351 g/mol. The molecule has 2 aromatic carbocycles. The van der Waals surface area contributed by atoms with Crippen LogP contribution in [0.2, 0.25) is 0 Å². The van der Waals surface area contributed by atoms with E-state index in [-0.39, 0.29) is 11.7 Å². The minimum absolute atomic E-state index is 0.224. The highest BCUT2D eigenvalue weighted by atomic mass is 32.1. The molecule has 0 amide bonds. The van der Waals surface area contributed by atoms with Crippen LogP contribution in [0.15, 0.2) is 42.5 Å². The van der Waals surface area contributed by atoms with E-state index in [1.165, 1.54) is 23.5 Å². The fourth-order valence-electron chi connectivity index (χ4n) is 2.73. The molecule has 0 aliphatic heterocycles. The number of nitrogen functional groups attached to an aromatic ring is 1. The van der Waals surface area contributed by atoms with E-state index in [0.717, 1.165) is 32.2 Å². The standard InChI is InChI=1S/C18H17FN6S/c1-10(11-2-5-13(19)6-3-11)9-21-18-25-24-17(26-18)12-4-7-15-14(8-12)16(20)23-22-15/h2-8,10H,9H2,1H3,(H,21,25)(H3,20,22,23). The van der Waals surface area contributed by atoms with Gasteiger partial charge in [-0.1, -0.05) is 30.4 Å². The van der Waals surface area contributed by atoms with Crippen LogP contribution in [0.4, 0.5) is 15.3 Å². The predicted molar refractivity (Wildman–Crippen MR) is 103 cm³/mol. The van der Waals surface area contributed by atoms with Crippen molar-refractivity contribution in [2.45, 2.75) is 12.8 Å². The molecule has 0 aliphatic rings. The molecule has 0 bridgehead atoms. The third-order valence-corrected chi connectivity index (χ3v) is 5.19. The number of aromatic amines is 1. The minimum atomic E-state index is -0.224. The molecule has 2 aromatic heterocycles. The zero-order chi connectivity index (χ0) is 18.1. The van der Waals surface area contributed by atoms with Crippen LogP contribution in [0.5, 0.6) is 0 Å². The van der Waals surface area contributed by atoms with Gasteiger partial charge in [-0.25, -0.2) is 4.39 Å². The lowest BCUT2D eigenvalue weighted by atomic mass is 10.0. The number of fused-ring (bicyclic) bond motifs is 1. The molecule has 6 nitrogen and oxygen atoms in total. The third kappa shape index (κ3) is 3.23. The maximum atomic E-state index is 13.0. The van der Waals surface area contributed by atoms with Crippen LogP contribution in [-0.2, 0) is 0 Å². The number of benzene rings is 2. The second-order valence-electron chi connectivity index (χ2n) is 6.12. The molecular formula is C18H17FN6S. The van der Waals surface area contributed by atoms with Crippen LogP contribution >= 0.6 is 11.3 Å². The van der Waals surface area contributed by atoms with Gasteiger partial charge in [0.05, 0.1) is 5.52 Å². The zero-order valence-corrected chi connectivity index (χ0v) is 14.8. The minimum Gasteiger partial charge on any atom is -0.382 e. The van der Waals surface area contributed by atoms with E-state index in [1.807, 2.05) is 18.2 Å². The first kappa shape index (κ1) is 16.5. The fraction of sp³-hybridized carbons (Fsp3) is 0.167. The molecule has 0 fully saturated rings. The lowest BCUT2D eigenvalue weighted by Crippen LogP contribution is -2.09. The topological polar surface area (TPSA) is 92.5 Å². The molecule has 4 aromatic rings. The van der Waals surface area contributed by atoms with Gasteiger partial charge in [0.25, 0.3) is 0 Å². The van der Waals surface area contributed by atoms with E-state index in [9.17, 15) is 4.39 Å². The van der Waals surface area contributed by atoms with Crippen LogP contribution in [0.1, 0.15) is 18.4 Å². The Morgan fingerprint density at radius 2 is 2.00 bits per heavy atom. The Labute approximate surface area is 153 Å². The van der Waals surface area contributed by atoms with Crippen molar-refractivity contribution in [3.05, 3.63) is 53.8 Å². The molecule has 1 unspecified atom stereocenters. The average molecular weight is 368 g/mol. The number of nitrogens with zero attached hydrogens (tertiary/aromatic N) is 3. The van der Waals surface area contributed by atoms with Crippen LogP contribution in [0.3, 0.4) is 0 Å². The molecule has 132 valence electrons. The van der Waals surface area contributed by atoms with Crippen molar-refractivity contribution < 1.29 is 4.39 Å². The van der Waals surface area contributed by atoms with Crippen molar-refractivity contribution in [3.8, 4) is 10.6 Å². The van der Waals surface area contributed by atoms with Crippen LogP contribution in [-0.4, -0.2) is 26.9 Å². The van der Waals surface area contributed by atoms with E-state index in [2.05, 4.69) is 32.6 Å². The summed E-state index contributed by atoms with van der Waals surface area (Å²) in [7, 11) is 0. The van der Waals surface area contributed by atoms with Crippen LogP contribution in [0.25, 0.3) is 21.5 Å². The fourth-order valence-corrected chi connectivity index (χ4v) is 3.48. The van der Waals surface area contributed by atoms with Crippen LogP contribution in [0, 0.1) is 5.82 Å². The van der Waals surface area contributed by atoms with Crippen molar-refractivity contribution >= 4 is 33.2 Å². The number of nitrogens with two attached hydrogens (primary N) is 1. The number of halogens is 1. The van der Waals surface area contributed by atoms with Gasteiger partial charge in [-0.15, -0.1) is 10.2 Å². The highest BCUT2D eigenvalue weighted by Crippen LogP contribution is 2.30. The van der Waals surface area contributed by atoms with Gasteiger partial charge >= 0.3 is 0 Å². The second-order valence-corrected chi connectivity index (χ2v) is 7.09. The van der Waals surface area contributed by atoms with Crippen molar-refractivity contribution in [2.75, 3.05) is 17.6 Å². The quantitative estimate of drug-likeness (QED) is 0.495. The number of hydrogen-bond donors (Lipinski definition) is 3. The molecule has 26 heavy (non-hydrogen) atoms. The largest absolute Gasteiger partial charge is 0.382 e. The Kier molecular flexibility index (Phi) is 4.26. The van der Waals surface area contributed by atoms with Gasteiger partial charge in [-0.3, -0.25) is 5.10 Å². The lowest BCUT2D eigenvalue weighted by Gasteiger charge is -2.11. The van der Waals surface area contributed by atoms with Crippen molar-refractivity contribution in [3.63, 3.8) is 0 Å². The summed E-state index contributed by atoms with van der Waals surface area (Å²) < 4.78 is 13.0. The number of hydrogen-bond acceptors (Lipinski definition) is 6. The number of nitrogens with one attached hydrogen (secondary N) is 2. The third-order valence-electron chi connectivity index (χ3n) is 4.26. The van der Waals surface area contributed by atoms with Gasteiger partial charge in [0, 0.05) is 17.5 Å². The maximum Gasteiger partial charge on any atom is 0.206 e. The monoisotopic (exact) mass is 368 g/mol. The Bertz CT molecular complexity index is 1040. The SMILES string of the molecule is CC(CNc1nnc(-c2ccc3[nH]nc(N)c3c2)s1)c1ccc(F)cc1. The molecule has 0 aliphatic carbocycles. The van der Waals surface area contributed by atoms with E-state index in [4.69, 9.17) is 5.73 Å². The first-order valence-corrected chi connectivity index (χ1v) is 8.98. The Hall–Kier alpha value is -3.00. The molecule has 0 radical (unpaired) electrons. The van der Waals surface area contributed by atoms with Gasteiger partial charge in [0.15, 0.2) is 5.82 Å². The summed E-state index contributed by atoms with van der Waals surface area (Å²) in [5, 5.41) is 21.1. The van der Waals surface area contributed by atoms with Gasteiger partial charge < -0.3 is 11.1 Å². The normalized spacial score (nSPS) is 12.4. The number of H-pyrrole nitrogens is 1. The Balaban J connectivity index is 1.47. The number of aromatic nitrogens is 4. The molecule has 4 rings (SSSR count). The maximum absolute atomic E-state index is 13.0. The summed E-state index contributed by atoms with van der Waals surface area (Å²) in [4.78, 5) is 0. The summed E-state index contributed by atoms with van der Waals surface area (Å²) in [5.41, 5.74) is 8.77. The van der Waals surface area contributed by atoms with E-state index in [0.29, 0.717) is 12.4 Å². The van der Waals surface area contributed by atoms with E-state index in [1.54, 1.807) is 12.1 Å². The molecule has 0 saturated heterocycles. The van der Waals surface area contributed by atoms with Crippen molar-refractivity contribution in [2.24, 2.45) is 0 Å². The molecule has 1 atom stereocenters. The summed E-state index contributed by atoms with van der Waals surface area (Å²) in [6, 6.07) is 12.4. The molecule has 0 saturated carbocycles. The zero-order valence-electron chi connectivity index (χ0n) is 14.0. The van der Waals surface area contributed by atoms with Gasteiger partial charge in [-0.2, -0.15) is 5.10 Å².